The van der Waals surface area contributed by atoms with Crippen molar-refractivity contribution in [1.82, 2.24) is 0 Å². The summed E-state index contributed by atoms with van der Waals surface area (Å²) in [6.07, 6.45) is 5.87. The Kier molecular flexibility index (Phi) is 9.10. The van der Waals surface area contributed by atoms with Crippen LogP contribution >= 0.6 is 0 Å². The molecule has 1 nitrogen and oxygen atoms in total. The predicted octanol–water partition coefficient (Wildman–Crippen LogP) is 16.3. The van der Waals surface area contributed by atoms with Crippen molar-refractivity contribution in [2.24, 2.45) is 0 Å². The maximum absolute atomic E-state index is 4.22. The summed E-state index contributed by atoms with van der Waals surface area (Å²) in [6, 6.07) is 80.0. The average Bonchev–Trinajstić information content (AvgIpc) is 3.82. The van der Waals surface area contributed by atoms with Gasteiger partial charge in [0.2, 0.25) is 0 Å². The number of fused-ring (bicyclic) bond motifs is 10. The number of hydrogen-bond acceptors (Lipinski definition) is 1. The molecule has 0 radical (unpaired) electrons. The van der Waals surface area contributed by atoms with Gasteiger partial charge in [-0.25, -0.2) is 0 Å². The largest absolute Gasteiger partial charge is 0.310 e. The van der Waals surface area contributed by atoms with Crippen LogP contribution in [0.5, 0.6) is 0 Å². The molecule has 292 valence electrons. The van der Waals surface area contributed by atoms with Gasteiger partial charge < -0.3 is 4.90 Å². The Bertz CT molecular complexity index is 3190. The minimum atomic E-state index is -0.498. The van der Waals surface area contributed by atoms with Crippen molar-refractivity contribution in [3.8, 4) is 55.6 Å². The van der Waals surface area contributed by atoms with Crippen LogP contribution in [0.1, 0.15) is 27.8 Å². The van der Waals surface area contributed by atoms with Crippen molar-refractivity contribution in [2.45, 2.75) is 5.41 Å². The number of benzene rings is 9. The molecule has 2 aliphatic rings. The van der Waals surface area contributed by atoms with Gasteiger partial charge in [0.1, 0.15) is 0 Å². The molecular formula is C61H43N. The maximum Gasteiger partial charge on any atom is 0.0725 e. The van der Waals surface area contributed by atoms with E-state index in [1.165, 1.54) is 72.3 Å². The van der Waals surface area contributed by atoms with Crippen LogP contribution in [0.4, 0.5) is 17.1 Å². The Morgan fingerprint density at radius 3 is 1.60 bits per heavy atom. The van der Waals surface area contributed by atoms with E-state index in [1.807, 2.05) is 12.2 Å². The summed E-state index contributed by atoms with van der Waals surface area (Å²) in [5.41, 5.74) is 22.3. The molecule has 0 amide bonds. The molecule has 1 heteroatoms. The lowest BCUT2D eigenvalue weighted by Gasteiger charge is -2.32. The molecule has 1 atom stereocenters. The molecule has 0 fully saturated rings. The van der Waals surface area contributed by atoms with Gasteiger partial charge in [0.25, 0.3) is 0 Å². The van der Waals surface area contributed by atoms with Crippen molar-refractivity contribution in [3.63, 3.8) is 0 Å². The summed E-state index contributed by atoms with van der Waals surface area (Å²) in [5.74, 6) is 0. The monoisotopic (exact) mass is 789 g/mol. The molecule has 11 rings (SSSR count). The smallest absolute Gasteiger partial charge is 0.0725 e. The number of hydrogen-bond donors (Lipinski definition) is 0. The standard InChI is InChI=1S/C61H43N/c1-3-19-42(4-2)50-28-18-31-58-60(50)52-27-15-17-30-56(52)61(58)55-29-16-14-26-51(55)54-41-49(37-38-57(54)61)62(48-35-32-45(33-36-48)43-20-8-5-9-21-43)59-39-34-47(44-22-10-6-11-23-44)40-53(59)46-24-12-7-13-25-46/h3-41H,1-2H2/b42-19+. The molecule has 0 N–H and O–H groups in total. The van der Waals surface area contributed by atoms with Gasteiger partial charge in [-0.1, -0.05) is 213 Å². The molecular weight excluding hydrogens is 747 g/mol. The van der Waals surface area contributed by atoms with Crippen LogP contribution < -0.4 is 4.90 Å². The number of rotatable bonds is 9. The molecule has 1 spiro atoms. The van der Waals surface area contributed by atoms with Crippen LogP contribution in [0.25, 0.3) is 61.2 Å². The van der Waals surface area contributed by atoms with E-state index in [2.05, 4.69) is 243 Å². The van der Waals surface area contributed by atoms with Gasteiger partial charge >= 0.3 is 0 Å². The number of anilines is 3. The Morgan fingerprint density at radius 2 is 0.919 bits per heavy atom. The van der Waals surface area contributed by atoms with Crippen LogP contribution in [0.2, 0.25) is 0 Å². The molecule has 2 aliphatic carbocycles. The van der Waals surface area contributed by atoms with E-state index in [1.54, 1.807) is 0 Å². The topological polar surface area (TPSA) is 3.24 Å². The van der Waals surface area contributed by atoms with Crippen molar-refractivity contribution in [1.29, 1.82) is 0 Å². The molecule has 0 saturated carbocycles. The third-order valence-electron chi connectivity index (χ3n) is 12.8. The van der Waals surface area contributed by atoms with Crippen LogP contribution in [0.3, 0.4) is 0 Å². The summed E-state index contributed by atoms with van der Waals surface area (Å²) in [6.45, 7) is 8.26. The van der Waals surface area contributed by atoms with Gasteiger partial charge in [0.05, 0.1) is 11.1 Å². The van der Waals surface area contributed by atoms with Gasteiger partial charge in [0, 0.05) is 16.9 Å². The van der Waals surface area contributed by atoms with Crippen LogP contribution in [0.15, 0.2) is 250 Å². The van der Waals surface area contributed by atoms with Gasteiger partial charge in [-0.2, -0.15) is 0 Å². The zero-order valence-electron chi connectivity index (χ0n) is 34.4. The van der Waals surface area contributed by atoms with Crippen LogP contribution in [0, 0.1) is 0 Å². The first kappa shape index (κ1) is 37.0. The van der Waals surface area contributed by atoms with E-state index in [0.29, 0.717) is 0 Å². The lowest BCUT2D eigenvalue weighted by atomic mass is 9.70. The minimum absolute atomic E-state index is 0.498. The lowest BCUT2D eigenvalue weighted by Crippen LogP contribution is -2.26. The average molecular weight is 790 g/mol. The third-order valence-corrected chi connectivity index (χ3v) is 12.8. The second-order valence-corrected chi connectivity index (χ2v) is 16.1. The second-order valence-electron chi connectivity index (χ2n) is 16.1. The normalized spacial score (nSPS) is 14.4. The zero-order valence-corrected chi connectivity index (χ0v) is 34.4. The van der Waals surface area contributed by atoms with E-state index in [4.69, 9.17) is 0 Å². The molecule has 0 bridgehead atoms. The van der Waals surface area contributed by atoms with Crippen molar-refractivity contribution in [2.75, 3.05) is 4.90 Å². The van der Waals surface area contributed by atoms with Crippen LogP contribution in [-0.2, 0) is 5.41 Å². The zero-order chi connectivity index (χ0) is 41.6. The predicted molar refractivity (Wildman–Crippen MR) is 262 cm³/mol. The van der Waals surface area contributed by atoms with E-state index in [-0.39, 0.29) is 0 Å². The molecule has 1 unspecified atom stereocenters. The molecule has 62 heavy (non-hydrogen) atoms. The fourth-order valence-corrected chi connectivity index (χ4v) is 10.2. The number of allylic oxidation sites excluding steroid dienone is 4. The number of nitrogens with zero attached hydrogens (tertiary/aromatic N) is 1. The quantitative estimate of drug-likeness (QED) is 0.132. The highest BCUT2D eigenvalue weighted by Gasteiger charge is 2.52. The highest BCUT2D eigenvalue weighted by atomic mass is 15.1. The summed E-state index contributed by atoms with van der Waals surface area (Å²) in [4.78, 5) is 2.45. The van der Waals surface area contributed by atoms with Crippen molar-refractivity contribution < 1.29 is 0 Å². The Morgan fingerprint density at radius 1 is 0.387 bits per heavy atom. The fourth-order valence-electron chi connectivity index (χ4n) is 10.2. The SMILES string of the molecule is C=C/C=C(\C=C)c1cccc2c1-c1ccccc1C21c2ccccc2-c2cc(N(c3ccc(-c4ccccc4)cc3)c3ccc(-c4ccccc4)cc3-c3ccccc3)ccc21. The van der Waals surface area contributed by atoms with E-state index < -0.39 is 5.41 Å². The fraction of sp³-hybridized carbons (Fsp3) is 0.0164. The van der Waals surface area contributed by atoms with E-state index in [0.717, 1.165) is 33.8 Å². The van der Waals surface area contributed by atoms with Gasteiger partial charge in [-0.05, 0) is 120 Å². The molecule has 9 aromatic rings. The van der Waals surface area contributed by atoms with Crippen molar-refractivity contribution in [3.05, 3.63) is 278 Å². The Balaban J connectivity index is 1.16. The summed E-state index contributed by atoms with van der Waals surface area (Å²) in [5, 5.41) is 0. The Labute approximate surface area is 364 Å². The summed E-state index contributed by atoms with van der Waals surface area (Å²) in [7, 11) is 0. The first-order valence-corrected chi connectivity index (χ1v) is 21.3. The van der Waals surface area contributed by atoms with Crippen molar-refractivity contribution >= 4 is 22.6 Å². The first-order chi connectivity index (χ1) is 30.7. The lowest BCUT2D eigenvalue weighted by molar-refractivity contribution is 0.793. The van der Waals surface area contributed by atoms with E-state index in [9.17, 15) is 0 Å². The molecule has 0 saturated heterocycles. The van der Waals surface area contributed by atoms with Gasteiger partial charge in [0.15, 0.2) is 0 Å². The molecule has 0 aliphatic heterocycles. The maximum atomic E-state index is 4.22. The first-order valence-electron chi connectivity index (χ1n) is 21.3. The molecule has 0 aromatic heterocycles. The summed E-state index contributed by atoms with van der Waals surface area (Å²) < 4.78 is 0. The third kappa shape index (κ3) is 5.78. The minimum Gasteiger partial charge on any atom is -0.310 e. The molecule has 0 heterocycles. The van der Waals surface area contributed by atoms with E-state index >= 15 is 0 Å². The highest BCUT2D eigenvalue weighted by molar-refractivity contribution is 6.01. The van der Waals surface area contributed by atoms with Gasteiger partial charge in [-0.3, -0.25) is 0 Å². The second kappa shape index (κ2) is 15.2. The van der Waals surface area contributed by atoms with Crippen LogP contribution in [-0.4, -0.2) is 0 Å². The highest BCUT2D eigenvalue weighted by Crippen LogP contribution is 2.64. The Hall–Kier alpha value is -8.00. The molecule has 9 aromatic carbocycles. The summed E-state index contributed by atoms with van der Waals surface area (Å²) >= 11 is 0. The van der Waals surface area contributed by atoms with Gasteiger partial charge in [-0.15, -0.1) is 0 Å².